The summed E-state index contributed by atoms with van der Waals surface area (Å²) >= 11 is 0. The molecular weight excluding hydrogens is 314 g/mol. The number of carbonyl (C=O) groups is 1. The number of rotatable bonds is 6. The van der Waals surface area contributed by atoms with Gasteiger partial charge in [0.25, 0.3) is 5.91 Å². The zero-order chi connectivity index (χ0) is 17.6. The summed E-state index contributed by atoms with van der Waals surface area (Å²) in [6, 6.07) is 10.0. The number of nitrogens with one attached hydrogen (secondary N) is 1. The van der Waals surface area contributed by atoms with Crippen molar-refractivity contribution in [3.05, 3.63) is 42.4 Å². The summed E-state index contributed by atoms with van der Waals surface area (Å²) in [5.74, 6) is 0.555. The van der Waals surface area contributed by atoms with Crippen molar-refractivity contribution in [1.29, 1.82) is 0 Å². The van der Waals surface area contributed by atoms with E-state index in [-0.39, 0.29) is 5.91 Å². The molecule has 6 heteroatoms. The summed E-state index contributed by atoms with van der Waals surface area (Å²) in [5.41, 5.74) is 2.61. The van der Waals surface area contributed by atoms with E-state index in [1.165, 1.54) is 24.9 Å². The van der Waals surface area contributed by atoms with Crippen molar-refractivity contribution in [2.24, 2.45) is 0 Å². The monoisotopic (exact) mass is 339 g/mol. The predicted molar refractivity (Wildman–Crippen MR) is 100 cm³/mol. The lowest BCUT2D eigenvalue weighted by Crippen LogP contribution is -2.31. The van der Waals surface area contributed by atoms with Crippen LogP contribution in [0, 0.1) is 0 Å². The number of carbonyl (C=O) groups excluding carboxylic acids is 1. The van der Waals surface area contributed by atoms with E-state index in [2.05, 4.69) is 32.3 Å². The van der Waals surface area contributed by atoms with Crippen LogP contribution in [-0.2, 0) is 0 Å². The molecule has 0 unspecified atom stereocenters. The van der Waals surface area contributed by atoms with E-state index >= 15 is 0 Å². The van der Waals surface area contributed by atoms with Crippen molar-refractivity contribution in [3.63, 3.8) is 0 Å². The standard InChI is InChI=1S/C19H25N5O/c1-3-23(4-2)19(25)17-13-18(21-14-20-17)22-15-7-9-16(10-8-15)24-11-5-6-12-24/h7-10,13-14H,3-6,11-12H2,1-2H3,(H,20,21,22). The van der Waals surface area contributed by atoms with Crippen molar-refractivity contribution in [3.8, 4) is 0 Å². The molecule has 0 radical (unpaired) electrons. The molecule has 1 N–H and O–H groups in total. The van der Waals surface area contributed by atoms with Gasteiger partial charge < -0.3 is 15.1 Å². The van der Waals surface area contributed by atoms with Gasteiger partial charge >= 0.3 is 0 Å². The van der Waals surface area contributed by atoms with Gasteiger partial charge in [0.2, 0.25) is 0 Å². The fourth-order valence-electron chi connectivity index (χ4n) is 3.09. The van der Waals surface area contributed by atoms with E-state index < -0.39 is 0 Å². The fraction of sp³-hybridized carbons (Fsp3) is 0.421. The Labute approximate surface area is 148 Å². The summed E-state index contributed by atoms with van der Waals surface area (Å²) in [6.07, 6.45) is 3.96. The number of hydrogen-bond acceptors (Lipinski definition) is 5. The quantitative estimate of drug-likeness (QED) is 0.875. The topological polar surface area (TPSA) is 61.4 Å². The Morgan fingerprint density at radius 1 is 1.12 bits per heavy atom. The van der Waals surface area contributed by atoms with Gasteiger partial charge in [0.05, 0.1) is 0 Å². The second kappa shape index (κ2) is 7.96. The molecule has 1 fully saturated rings. The summed E-state index contributed by atoms with van der Waals surface area (Å²) in [6.45, 7) is 7.53. The molecule has 0 saturated carbocycles. The second-order valence-electron chi connectivity index (χ2n) is 6.13. The second-order valence-corrected chi connectivity index (χ2v) is 6.13. The van der Waals surface area contributed by atoms with Crippen LogP contribution in [0.1, 0.15) is 37.2 Å². The average molecular weight is 339 g/mol. The summed E-state index contributed by atoms with van der Waals surface area (Å²) in [4.78, 5) is 24.9. The van der Waals surface area contributed by atoms with Crippen LogP contribution in [0.5, 0.6) is 0 Å². The maximum Gasteiger partial charge on any atom is 0.272 e. The SMILES string of the molecule is CCN(CC)C(=O)c1cc(Nc2ccc(N3CCCC3)cc2)ncn1. The molecular formula is C19H25N5O. The van der Waals surface area contributed by atoms with Crippen molar-refractivity contribution in [2.75, 3.05) is 36.4 Å². The third-order valence-electron chi connectivity index (χ3n) is 4.55. The highest BCUT2D eigenvalue weighted by Gasteiger charge is 2.15. The van der Waals surface area contributed by atoms with Crippen LogP contribution in [0.25, 0.3) is 0 Å². The maximum absolute atomic E-state index is 12.4. The van der Waals surface area contributed by atoms with E-state index in [4.69, 9.17) is 0 Å². The zero-order valence-corrected chi connectivity index (χ0v) is 14.9. The van der Waals surface area contributed by atoms with Gasteiger partial charge in [-0.1, -0.05) is 0 Å². The molecule has 3 rings (SSSR count). The Balaban J connectivity index is 1.70. The normalized spacial score (nSPS) is 13.8. The zero-order valence-electron chi connectivity index (χ0n) is 14.9. The Hall–Kier alpha value is -2.63. The molecule has 1 aromatic heterocycles. The molecule has 132 valence electrons. The first-order valence-electron chi connectivity index (χ1n) is 8.94. The van der Waals surface area contributed by atoms with Crippen molar-refractivity contribution in [2.45, 2.75) is 26.7 Å². The number of nitrogens with zero attached hydrogens (tertiary/aromatic N) is 4. The molecule has 0 bridgehead atoms. The van der Waals surface area contributed by atoms with E-state index in [1.54, 1.807) is 11.0 Å². The summed E-state index contributed by atoms with van der Waals surface area (Å²) in [7, 11) is 0. The molecule has 25 heavy (non-hydrogen) atoms. The third kappa shape index (κ3) is 4.07. The predicted octanol–water partition coefficient (Wildman–Crippen LogP) is 3.30. The molecule has 0 aliphatic carbocycles. The van der Waals surface area contributed by atoms with Gasteiger partial charge in [0, 0.05) is 43.6 Å². The Bertz CT molecular complexity index is 706. The van der Waals surface area contributed by atoms with E-state index in [9.17, 15) is 4.79 Å². The summed E-state index contributed by atoms with van der Waals surface area (Å²) < 4.78 is 0. The molecule has 1 saturated heterocycles. The molecule has 0 spiro atoms. The van der Waals surface area contributed by atoms with Crippen molar-refractivity contribution in [1.82, 2.24) is 14.9 Å². The minimum absolute atomic E-state index is 0.0696. The molecule has 2 aromatic rings. The lowest BCUT2D eigenvalue weighted by molar-refractivity contribution is 0.0767. The lowest BCUT2D eigenvalue weighted by atomic mass is 10.2. The van der Waals surface area contributed by atoms with E-state index in [0.717, 1.165) is 18.8 Å². The number of anilines is 3. The maximum atomic E-state index is 12.4. The Kier molecular flexibility index (Phi) is 5.48. The van der Waals surface area contributed by atoms with Gasteiger partial charge in [-0.2, -0.15) is 0 Å². The highest BCUT2D eigenvalue weighted by Crippen LogP contribution is 2.23. The van der Waals surface area contributed by atoms with Gasteiger partial charge in [0.1, 0.15) is 17.8 Å². The van der Waals surface area contributed by atoms with E-state index in [0.29, 0.717) is 24.6 Å². The van der Waals surface area contributed by atoms with Crippen LogP contribution in [0.15, 0.2) is 36.7 Å². The van der Waals surface area contributed by atoms with Crippen LogP contribution in [0.2, 0.25) is 0 Å². The molecule has 6 nitrogen and oxygen atoms in total. The molecule has 1 aliphatic rings. The molecule has 1 aliphatic heterocycles. The minimum atomic E-state index is -0.0696. The van der Waals surface area contributed by atoms with Gasteiger partial charge in [-0.25, -0.2) is 9.97 Å². The van der Waals surface area contributed by atoms with Gasteiger partial charge in [-0.15, -0.1) is 0 Å². The third-order valence-corrected chi connectivity index (χ3v) is 4.55. The number of aromatic nitrogens is 2. The number of benzene rings is 1. The fourth-order valence-corrected chi connectivity index (χ4v) is 3.09. The smallest absolute Gasteiger partial charge is 0.272 e. The van der Waals surface area contributed by atoms with Crippen LogP contribution in [0.4, 0.5) is 17.2 Å². The van der Waals surface area contributed by atoms with Gasteiger partial charge in [0.15, 0.2) is 0 Å². The summed E-state index contributed by atoms with van der Waals surface area (Å²) in [5, 5.41) is 3.25. The van der Waals surface area contributed by atoms with Gasteiger partial charge in [-0.3, -0.25) is 4.79 Å². The van der Waals surface area contributed by atoms with Crippen LogP contribution in [-0.4, -0.2) is 47.0 Å². The highest BCUT2D eigenvalue weighted by molar-refractivity contribution is 5.93. The van der Waals surface area contributed by atoms with Crippen LogP contribution < -0.4 is 10.2 Å². The van der Waals surface area contributed by atoms with Crippen LogP contribution >= 0.6 is 0 Å². The lowest BCUT2D eigenvalue weighted by Gasteiger charge is -2.18. The molecule has 0 atom stereocenters. The van der Waals surface area contributed by atoms with E-state index in [1.807, 2.05) is 26.0 Å². The number of hydrogen-bond donors (Lipinski definition) is 1. The number of amides is 1. The highest BCUT2D eigenvalue weighted by atomic mass is 16.2. The van der Waals surface area contributed by atoms with Crippen molar-refractivity contribution >= 4 is 23.1 Å². The Morgan fingerprint density at radius 2 is 1.80 bits per heavy atom. The Morgan fingerprint density at radius 3 is 2.44 bits per heavy atom. The first kappa shape index (κ1) is 17.2. The van der Waals surface area contributed by atoms with Gasteiger partial charge in [-0.05, 0) is 51.0 Å². The molecule has 2 heterocycles. The first-order chi connectivity index (χ1) is 12.2. The van der Waals surface area contributed by atoms with Crippen molar-refractivity contribution < 1.29 is 4.79 Å². The molecule has 1 aromatic carbocycles. The molecule has 1 amide bonds. The van der Waals surface area contributed by atoms with Crippen LogP contribution in [0.3, 0.4) is 0 Å². The average Bonchev–Trinajstić information content (AvgIpc) is 3.18. The largest absolute Gasteiger partial charge is 0.372 e. The minimum Gasteiger partial charge on any atom is -0.372 e. The first-order valence-corrected chi connectivity index (χ1v) is 8.94.